The lowest BCUT2D eigenvalue weighted by Crippen LogP contribution is -2.41. The van der Waals surface area contributed by atoms with Crippen molar-refractivity contribution in [2.24, 2.45) is 0 Å². The fourth-order valence-corrected chi connectivity index (χ4v) is 1.70. The van der Waals surface area contributed by atoms with Crippen LogP contribution >= 0.6 is 0 Å². The Morgan fingerprint density at radius 1 is 1.18 bits per heavy atom. The van der Waals surface area contributed by atoms with E-state index in [-0.39, 0.29) is 18.5 Å². The van der Waals surface area contributed by atoms with E-state index in [9.17, 15) is 9.59 Å². The summed E-state index contributed by atoms with van der Waals surface area (Å²) in [5.41, 5.74) is 0. The van der Waals surface area contributed by atoms with Crippen LogP contribution in [0.3, 0.4) is 0 Å². The Hall–Kier alpha value is -1.06. The second-order valence-corrected chi connectivity index (χ2v) is 4.48. The van der Waals surface area contributed by atoms with E-state index in [4.69, 9.17) is 5.11 Å². The van der Waals surface area contributed by atoms with Gasteiger partial charge in [-0.15, -0.1) is 0 Å². The van der Waals surface area contributed by atoms with Crippen molar-refractivity contribution in [3.63, 3.8) is 0 Å². The Morgan fingerprint density at radius 3 is 2.29 bits per heavy atom. The molecule has 0 heterocycles. The van der Waals surface area contributed by atoms with Crippen LogP contribution in [0, 0.1) is 0 Å². The molecule has 0 saturated carbocycles. The van der Waals surface area contributed by atoms with Crippen molar-refractivity contribution in [3.8, 4) is 0 Å². The Kier molecular flexibility index (Phi) is 8.46. The molecule has 1 N–H and O–H groups in total. The number of carboxylic acids is 1. The first-order valence-electron chi connectivity index (χ1n) is 6.54. The minimum absolute atomic E-state index is 0.00442. The van der Waals surface area contributed by atoms with Crippen LogP contribution < -0.4 is 0 Å². The summed E-state index contributed by atoms with van der Waals surface area (Å²) >= 11 is 0. The number of carbonyl (C=O) groups excluding carboxylic acids is 1. The van der Waals surface area contributed by atoms with Gasteiger partial charge in [-0.1, -0.05) is 33.1 Å². The van der Waals surface area contributed by atoms with Crippen LogP contribution in [0.4, 0.5) is 0 Å². The number of unbranched alkanes of at least 4 members (excludes halogenated alkanes) is 3. The highest BCUT2D eigenvalue weighted by atomic mass is 16.4. The maximum Gasteiger partial charge on any atom is 0.323 e. The van der Waals surface area contributed by atoms with Gasteiger partial charge in [-0.3, -0.25) is 9.59 Å². The van der Waals surface area contributed by atoms with Crippen molar-refractivity contribution in [2.45, 2.75) is 65.3 Å². The smallest absolute Gasteiger partial charge is 0.323 e. The standard InChI is InChI=1S/C13H25NO3/c1-4-6-7-8-9-12(15)14(10-13(16)17)11(3)5-2/h11H,4-10H2,1-3H3,(H,16,17). The zero-order valence-corrected chi connectivity index (χ0v) is 11.2. The molecule has 0 aromatic carbocycles. The molecule has 1 atom stereocenters. The van der Waals surface area contributed by atoms with E-state index >= 15 is 0 Å². The zero-order valence-electron chi connectivity index (χ0n) is 11.2. The van der Waals surface area contributed by atoms with E-state index in [0.29, 0.717) is 6.42 Å². The highest BCUT2D eigenvalue weighted by Crippen LogP contribution is 2.09. The maximum absolute atomic E-state index is 11.9. The van der Waals surface area contributed by atoms with E-state index in [2.05, 4.69) is 6.92 Å². The SMILES string of the molecule is CCCCCCC(=O)N(CC(=O)O)C(C)CC. The lowest BCUT2D eigenvalue weighted by atomic mass is 10.1. The van der Waals surface area contributed by atoms with Crippen molar-refractivity contribution in [1.29, 1.82) is 0 Å². The van der Waals surface area contributed by atoms with E-state index in [1.165, 1.54) is 4.90 Å². The topological polar surface area (TPSA) is 57.6 Å². The fourth-order valence-electron chi connectivity index (χ4n) is 1.70. The first kappa shape index (κ1) is 15.9. The Bertz CT molecular complexity index is 241. The molecule has 1 unspecified atom stereocenters. The van der Waals surface area contributed by atoms with Gasteiger partial charge in [0, 0.05) is 12.5 Å². The third kappa shape index (κ3) is 6.97. The van der Waals surface area contributed by atoms with Gasteiger partial charge in [-0.25, -0.2) is 0 Å². The minimum Gasteiger partial charge on any atom is -0.480 e. The van der Waals surface area contributed by atoms with E-state index < -0.39 is 5.97 Å². The molecular formula is C13H25NO3. The first-order valence-corrected chi connectivity index (χ1v) is 6.54. The number of aliphatic carboxylic acids is 1. The Morgan fingerprint density at radius 2 is 1.82 bits per heavy atom. The van der Waals surface area contributed by atoms with Crippen molar-refractivity contribution in [1.82, 2.24) is 4.90 Å². The van der Waals surface area contributed by atoms with Crippen LogP contribution in [0.5, 0.6) is 0 Å². The van der Waals surface area contributed by atoms with Gasteiger partial charge in [-0.05, 0) is 19.8 Å². The number of nitrogens with zero attached hydrogens (tertiary/aromatic N) is 1. The highest BCUT2D eigenvalue weighted by Gasteiger charge is 2.20. The van der Waals surface area contributed by atoms with Crippen molar-refractivity contribution in [3.05, 3.63) is 0 Å². The van der Waals surface area contributed by atoms with Crippen LogP contribution in [-0.4, -0.2) is 34.5 Å². The van der Waals surface area contributed by atoms with Gasteiger partial charge in [0.05, 0.1) is 0 Å². The fraction of sp³-hybridized carbons (Fsp3) is 0.846. The number of amides is 1. The lowest BCUT2D eigenvalue weighted by Gasteiger charge is -2.27. The normalized spacial score (nSPS) is 12.2. The van der Waals surface area contributed by atoms with Gasteiger partial charge >= 0.3 is 5.97 Å². The van der Waals surface area contributed by atoms with Gasteiger partial charge in [0.1, 0.15) is 6.54 Å². The maximum atomic E-state index is 11.9. The molecule has 0 fully saturated rings. The number of rotatable bonds is 9. The Balaban J connectivity index is 4.18. The molecule has 0 aliphatic heterocycles. The van der Waals surface area contributed by atoms with Crippen molar-refractivity contribution in [2.75, 3.05) is 6.54 Å². The van der Waals surface area contributed by atoms with Crippen LogP contribution in [0.2, 0.25) is 0 Å². The highest BCUT2D eigenvalue weighted by molar-refractivity contribution is 5.81. The van der Waals surface area contributed by atoms with E-state index in [0.717, 1.165) is 32.1 Å². The molecule has 0 aliphatic rings. The molecule has 4 nitrogen and oxygen atoms in total. The monoisotopic (exact) mass is 243 g/mol. The largest absolute Gasteiger partial charge is 0.480 e. The molecule has 0 saturated heterocycles. The van der Waals surface area contributed by atoms with Crippen molar-refractivity contribution >= 4 is 11.9 Å². The summed E-state index contributed by atoms with van der Waals surface area (Å²) < 4.78 is 0. The molecule has 0 spiro atoms. The summed E-state index contributed by atoms with van der Waals surface area (Å²) in [6, 6.07) is 0.00442. The predicted octanol–water partition coefficient (Wildman–Crippen LogP) is 2.67. The number of carboxylic acid groups (broad SMARTS) is 1. The summed E-state index contributed by atoms with van der Waals surface area (Å²) in [4.78, 5) is 24.1. The predicted molar refractivity (Wildman–Crippen MR) is 67.9 cm³/mol. The summed E-state index contributed by atoms with van der Waals surface area (Å²) in [5, 5.41) is 8.79. The molecule has 100 valence electrons. The molecular weight excluding hydrogens is 218 g/mol. The zero-order chi connectivity index (χ0) is 13.3. The summed E-state index contributed by atoms with van der Waals surface area (Å²) in [6.45, 7) is 5.80. The molecule has 0 aliphatic carbocycles. The second-order valence-electron chi connectivity index (χ2n) is 4.48. The van der Waals surface area contributed by atoms with E-state index in [1.807, 2.05) is 13.8 Å². The van der Waals surface area contributed by atoms with Gasteiger partial charge < -0.3 is 10.0 Å². The molecule has 0 radical (unpaired) electrons. The number of carbonyl (C=O) groups is 2. The van der Waals surface area contributed by atoms with Crippen molar-refractivity contribution < 1.29 is 14.7 Å². The molecule has 17 heavy (non-hydrogen) atoms. The third-order valence-electron chi connectivity index (χ3n) is 2.99. The quantitative estimate of drug-likeness (QED) is 0.633. The van der Waals surface area contributed by atoms with Gasteiger partial charge in [0.15, 0.2) is 0 Å². The molecule has 0 aromatic heterocycles. The Labute approximate surface area is 104 Å². The number of hydrogen-bond acceptors (Lipinski definition) is 2. The van der Waals surface area contributed by atoms with Gasteiger partial charge in [0.25, 0.3) is 0 Å². The van der Waals surface area contributed by atoms with Crippen LogP contribution in [0.15, 0.2) is 0 Å². The van der Waals surface area contributed by atoms with Gasteiger partial charge in [0.2, 0.25) is 5.91 Å². The molecule has 1 amide bonds. The lowest BCUT2D eigenvalue weighted by molar-refractivity contribution is -0.146. The van der Waals surface area contributed by atoms with Gasteiger partial charge in [-0.2, -0.15) is 0 Å². The molecule has 0 rings (SSSR count). The van der Waals surface area contributed by atoms with Crippen LogP contribution in [0.25, 0.3) is 0 Å². The van der Waals surface area contributed by atoms with E-state index in [1.54, 1.807) is 0 Å². The third-order valence-corrected chi connectivity index (χ3v) is 2.99. The number of hydrogen-bond donors (Lipinski definition) is 1. The average Bonchev–Trinajstić information content (AvgIpc) is 2.30. The van der Waals surface area contributed by atoms with Crippen LogP contribution in [0.1, 0.15) is 59.3 Å². The molecule has 0 bridgehead atoms. The molecule has 4 heteroatoms. The molecule has 0 aromatic rings. The average molecular weight is 243 g/mol. The van der Waals surface area contributed by atoms with Crippen LogP contribution in [-0.2, 0) is 9.59 Å². The summed E-state index contributed by atoms with van der Waals surface area (Å²) in [5.74, 6) is -0.968. The first-order chi connectivity index (χ1) is 8.02. The summed E-state index contributed by atoms with van der Waals surface area (Å²) in [6.07, 6.45) is 5.43. The minimum atomic E-state index is -0.938. The summed E-state index contributed by atoms with van der Waals surface area (Å²) in [7, 11) is 0. The second kappa shape index (κ2) is 9.02.